The average Bonchev–Trinajstić information content (AvgIpc) is 2.24. The lowest BCUT2D eigenvalue weighted by molar-refractivity contribution is 0.281. The van der Waals surface area contributed by atoms with Crippen LogP contribution >= 0.6 is 12.6 Å². The second-order valence-corrected chi connectivity index (χ2v) is 4.61. The second-order valence-electron chi connectivity index (χ2n) is 4.17. The Labute approximate surface area is 102 Å². The fourth-order valence-electron chi connectivity index (χ4n) is 1.41. The van der Waals surface area contributed by atoms with Crippen molar-refractivity contribution < 1.29 is 9.13 Å². The fraction of sp³-hybridized carbons (Fsp3) is 0.538. The molecule has 0 fully saturated rings. The second kappa shape index (κ2) is 6.79. The van der Waals surface area contributed by atoms with Gasteiger partial charge in [0.25, 0.3) is 0 Å². The molecule has 1 rings (SSSR count). The molecule has 0 aliphatic carbocycles. The molecule has 0 amide bonds. The molecule has 0 saturated carbocycles. The molecule has 0 aliphatic heterocycles. The minimum Gasteiger partial charge on any atom is -0.493 e. The summed E-state index contributed by atoms with van der Waals surface area (Å²) in [5.41, 5.74) is 0.649. The van der Waals surface area contributed by atoms with Gasteiger partial charge in [0.2, 0.25) is 0 Å². The SMILES string of the molecule is Cc1ccc(OCCC(C)CCS)cc1F. The van der Waals surface area contributed by atoms with E-state index in [1.54, 1.807) is 13.0 Å². The highest BCUT2D eigenvalue weighted by Crippen LogP contribution is 2.17. The van der Waals surface area contributed by atoms with E-state index in [0.29, 0.717) is 23.8 Å². The molecule has 0 radical (unpaired) electrons. The minimum atomic E-state index is -0.207. The number of aryl methyl sites for hydroxylation is 1. The van der Waals surface area contributed by atoms with Crippen LogP contribution in [0.1, 0.15) is 25.3 Å². The molecule has 1 unspecified atom stereocenters. The Morgan fingerprint density at radius 1 is 1.38 bits per heavy atom. The smallest absolute Gasteiger partial charge is 0.129 e. The van der Waals surface area contributed by atoms with E-state index in [1.807, 2.05) is 6.07 Å². The van der Waals surface area contributed by atoms with Crippen molar-refractivity contribution in [1.82, 2.24) is 0 Å². The van der Waals surface area contributed by atoms with Crippen LogP contribution in [0.2, 0.25) is 0 Å². The van der Waals surface area contributed by atoms with Gasteiger partial charge in [-0.2, -0.15) is 12.6 Å². The van der Waals surface area contributed by atoms with Crippen molar-refractivity contribution in [1.29, 1.82) is 0 Å². The normalized spacial score (nSPS) is 12.5. The van der Waals surface area contributed by atoms with Crippen molar-refractivity contribution in [3.63, 3.8) is 0 Å². The van der Waals surface area contributed by atoms with Crippen LogP contribution in [0.15, 0.2) is 18.2 Å². The molecular formula is C13H19FOS. The zero-order valence-electron chi connectivity index (χ0n) is 9.87. The number of ether oxygens (including phenoxy) is 1. The topological polar surface area (TPSA) is 9.23 Å². The van der Waals surface area contributed by atoms with Crippen molar-refractivity contribution in [2.75, 3.05) is 12.4 Å². The zero-order valence-corrected chi connectivity index (χ0v) is 10.8. The molecular weight excluding hydrogens is 223 g/mol. The summed E-state index contributed by atoms with van der Waals surface area (Å²) in [6.45, 7) is 4.56. The van der Waals surface area contributed by atoms with E-state index < -0.39 is 0 Å². The summed E-state index contributed by atoms with van der Waals surface area (Å²) in [6.07, 6.45) is 2.07. The van der Waals surface area contributed by atoms with Gasteiger partial charge in [-0.1, -0.05) is 13.0 Å². The molecule has 0 heterocycles. The first kappa shape index (κ1) is 13.4. The van der Waals surface area contributed by atoms with Crippen molar-refractivity contribution in [3.05, 3.63) is 29.6 Å². The lowest BCUT2D eigenvalue weighted by Gasteiger charge is -2.11. The molecule has 0 saturated heterocycles. The monoisotopic (exact) mass is 242 g/mol. The van der Waals surface area contributed by atoms with Gasteiger partial charge in [0.15, 0.2) is 0 Å². The van der Waals surface area contributed by atoms with Crippen LogP contribution in [-0.2, 0) is 0 Å². The molecule has 0 bridgehead atoms. The highest BCUT2D eigenvalue weighted by atomic mass is 32.1. The maximum atomic E-state index is 13.2. The third kappa shape index (κ3) is 4.44. The van der Waals surface area contributed by atoms with Gasteiger partial charge in [0.05, 0.1) is 6.61 Å². The van der Waals surface area contributed by atoms with E-state index in [4.69, 9.17) is 4.74 Å². The molecule has 16 heavy (non-hydrogen) atoms. The summed E-state index contributed by atoms with van der Waals surface area (Å²) in [4.78, 5) is 0. The van der Waals surface area contributed by atoms with Gasteiger partial charge < -0.3 is 4.74 Å². The maximum absolute atomic E-state index is 13.2. The molecule has 0 aliphatic rings. The molecule has 0 N–H and O–H groups in total. The van der Waals surface area contributed by atoms with E-state index in [-0.39, 0.29) is 5.82 Å². The highest BCUT2D eigenvalue weighted by Gasteiger charge is 2.03. The number of rotatable bonds is 6. The van der Waals surface area contributed by atoms with Gasteiger partial charge in [0.1, 0.15) is 11.6 Å². The Morgan fingerprint density at radius 3 is 2.75 bits per heavy atom. The molecule has 1 nitrogen and oxygen atoms in total. The molecule has 1 aromatic carbocycles. The summed E-state index contributed by atoms with van der Waals surface area (Å²) >= 11 is 4.19. The molecule has 3 heteroatoms. The maximum Gasteiger partial charge on any atom is 0.129 e. The first-order chi connectivity index (χ1) is 7.63. The van der Waals surface area contributed by atoms with Crippen LogP contribution in [0.4, 0.5) is 4.39 Å². The molecule has 1 aromatic rings. The van der Waals surface area contributed by atoms with Gasteiger partial charge >= 0.3 is 0 Å². The van der Waals surface area contributed by atoms with Gasteiger partial charge in [-0.05, 0) is 43.1 Å². The largest absolute Gasteiger partial charge is 0.493 e. The number of benzene rings is 1. The quantitative estimate of drug-likeness (QED) is 0.745. The number of hydrogen-bond donors (Lipinski definition) is 1. The van der Waals surface area contributed by atoms with Crippen LogP contribution in [-0.4, -0.2) is 12.4 Å². The number of hydrogen-bond acceptors (Lipinski definition) is 2. The van der Waals surface area contributed by atoms with E-state index in [2.05, 4.69) is 19.6 Å². The zero-order chi connectivity index (χ0) is 12.0. The minimum absolute atomic E-state index is 0.207. The van der Waals surface area contributed by atoms with E-state index >= 15 is 0 Å². The first-order valence-corrected chi connectivity index (χ1v) is 6.26. The van der Waals surface area contributed by atoms with Crippen molar-refractivity contribution in [2.45, 2.75) is 26.7 Å². The van der Waals surface area contributed by atoms with Gasteiger partial charge in [-0.15, -0.1) is 0 Å². The van der Waals surface area contributed by atoms with Crippen molar-refractivity contribution in [3.8, 4) is 5.75 Å². The van der Waals surface area contributed by atoms with Crippen LogP contribution in [0.3, 0.4) is 0 Å². The Morgan fingerprint density at radius 2 is 2.12 bits per heavy atom. The Bertz CT molecular complexity index is 328. The van der Waals surface area contributed by atoms with Crippen LogP contribution < -0.4 is 4.74 Å². The summed E-state index contributed by atoms with van der Waals surface area (Å²) < 4.78 is 18.7. The predicted octanol–water partition coefficient (Wildman–Crippen LogP) is 3.86. The summed E-state index contributed by atoms with van der Waals surface area (Å²) in [7, 11) is 0. The van der Waals surface area contributed by atoms with E-state index in [1.165, 1.54) is 6.07 Å². The lowest BCUT2D eigenvalue weighted by Crippen LogP contribution is -2.05. The van der Waals surface area contributed by atoms with Gasteiger partial charge in [-0.3, -0.25) is 0 Å². The van der Waals surface area contributed by atoms with Crippen molar-refractivity contribution in [2.24, 2.45) is 5.92 Å². The number of thiol groups is 1. The Balaban J connectivity index is 2.34. The van der Waals surface area contributed by atoms with Crippen LogP contribution in [0.25, 0.3) is 0 Å². The Kier molecular flexibility index (Phi) is 5.67. The van der Waals surface area contributed by atoms with Crippen LogP contribution in [0, 0.1) is 18.7 Å². The van der Waals surface area contributed by atoms with Crippen LogP contribution in [0.5, 0.6) is 5.75 Å². The lowest BCUT2D eigenvalue weighted by atomic mass is 10.1. The first-order valence-electron chi connectivity index (χ1n) is 5.63. The third-order valence-electron chi connectivity index (χ3n) is 2.64. The summed E-state index contributed by atoms with van der Waals surface area (Å²) in [5.74, 6) is 1.91. The molecule has 1 atom stereocenters. The van der Waals surface area contributed by atoms with Crippen molar-refractivity contribution >= 4 is 12.6 Å². The Hall–Kier alpha value is -0.700. The standard InChI is InChI=1S/C13H19FOS/c1-10(6-8-16)5-7-15-12-4-3-11(2)13(14)9-12/h3-4,9-10,16H,5-8H2,1-2H3. The molecule has 0 aromatic heterocycles. The fourth-order valence-corrected chi connectivity index (χ4v) is 1.85. The van der Waals surface area contributed by atoms with Gasteiger partial charge in [-0.25, -0.2) is 4.39 Å². The predicted molar refractivity (Wildman–Crippen MR) is 68.9 cm³/mol. The number of halogens is 1. The van der Waals surface area contributed by atoms with E-state index in [0.717, 1.165) is 18.6 Å². The summed E-state index contributed by atoms with van der Waals surface area (Å²) in [6, 6.07) is 4.99. The molecule has 90 valence electrons. The highest BCUT2D eigenvalue weighted by molar-refractivity contribution is 7.80. The summed E-state index contributed by atoms with van der Waals surface area (Å²) in [5, 5.41) is 0. The average molecular weight is 242 g/mol. The van der Waals surface area contributed by atoms with Gasteiger partial charge in [0, 0.05) is 6.07 Å². The van der Waals surface area contributed by atoms with E-state index in [9.17, 15) is 4.39 Å². The third-order valence-corrected chi connectivity index (χ3v) is 2.90. The molecule has 0 spiro atoms.